The quantitative estimate of drug-likeness (QED) is 0.300. The molecule has 9 heteroatoms. The van der Waals surface area contributed by atoms with Crippen molar-refractivity contribution in [2.45, 2.75) is 49.4 Å². The van der Waals surface area contributed by atoms with Crippen LogP contribution < -0.4 is 5.26 Å². The zero-order chi connectivity index (χ0) is 16.7. The summed E-state index contributed by atoms with van der Waals surface area (Å²) in [5.74, 6) is 0.169. The Morgan fingerprint density at radius 3 is 2.52 bits per heavy atom. The molecule has 0 aromatic carbocycles. The number of rotatable bonds is 7. The molecule has 0 heterocycles. The maximum atomic E-state index is 13.4. The van der Waals surface area contributed by atoms with Gasteiger partial charge in [-0.05, 0) is 50.4 Å². The summed E-state index contributed by atoms with van der Waals surface area (Å²) in [6.45, 7) is -1.16. The molecule has 132 valence electrons. The maximum absolute atomic E-state index is 13.4. The average molecular weight is 353 g/mol. The number of methoxy groups -OCH3 is 1. The van der Waals surface area contributed by atoms with Gasteiger partial charge in [0, 0.05) is 7.11 Å². The number of alkyl halides is 2. The number of hydrogen-bond acceptors (Lipinski definition) is 7. The SMILES string of the molecule is COC12CC3CC(C1)CC(C(=O)OCC(F)(F)SOO[O-])(C3)C2. The molecule has 4 saturated carbocycles. The van der Waals surface area contributed by atoms with Crippen LogP contribution in [0.15, 0.2) is 0 Å². The Balaban J connectivity index is 1.65. The molecule has 4 bridgehead atoms. The molecular weight excluding hydrogens is 334 g/mol. The first kappa shape index (κ1) is 17.3. The van der Waals surface area contributed by atoms with Gasteiger partial charge in [-0.2, -0.15) is 13.1 Å². The molecule has 0 saturated heterocycles. The minimum atomic E-state index is -3.54. The van der Waals surface area contributed by atoms with E-state index in [4.69, 9.17) is 9.47 Å². The standard InChI is InChI=1S/C14H20F2O6S/c1-19-13-5-9-2-10(6-13)4-12(3-9,7-13)11(17)20-8-14(15,16)23-22-21-18/h9-10,18H,2-8H2,1H3/p-1. The summed E-state index contributed by atoms with van der Waals surface area (Å²) in [5.41, 5.74) is -1.05. The molecule has 0 radical (unpaired) electrons. The summed E-state index contributed by atoms with van der Waals surface area (Å²) in [6, 6.07) is 0. The Hall–Kier alpha value is -0.480. The minimum absolute atomic E-state index is 0.320. The van der Waals surface area contributed by atoms with Crippen LogP contribution in [0.2, 0.25) is 0 Å². The Bertz CT molecular complexity index is 460. The lowest BCUT2D eigenvalue weighted by Crippen LogP contribution is -2.59. The molecule has 0 N–H and O–H groups in total. The highest BCUT2D eigenvalue weighted by atomic mass is 32.2. The lowest BCUT2D eigenvalue weighted by Gasteiger charge is -2.60. The lowest BCUT2D eigenvalue weighted by atomic mass is 9.48. The molecule has 2 atom stereocenters. The predicted octanol–water partition coefficient (Wildman–Crippen LogP) is 1.98. The summed E-state index contributed by atoms with van der Waals surface area (Å²) in [4.78, 5) is 12.5. The lowest BCUT2D eigenvalue weighted by molar-refractivity contribution is -0.777. The molecule has 0 spiro atoms. The van der Waals surface area contributed by atoms with Crippen molar-refractivity contribution in [3.05, 3.63) is 0 Å². The molecule has 0 amide bonds. The Kier molecular flexibility index (Phi) is 4.61. The predicted molar refractivity (Wildman–Crippen MR) is 72.5 cm³/mol. The maximum Gasteiger partial charge on any atom is 0.354 e. The fraction of sp³-hybridized carbons (Fsp3) is 0.929. The molecule has 23 heavy (non-hydrogen) atoms. The number of hydrogen-bond donors (Lipinski definition) is 0. The smallest absolute Gasteiger partial charge is 0.354 e. The van der Waals surface area contributed by atoms with E-state index in [2.05, 4.69) is 9.37 Å². The van der Waals surface area contributed by atoms with Crippen molar-refractivity contribution < 1.29 is 37.7 Å². The van der Waals surface area contributed by atoms with Crippen LogP contribution in [0, 0.1) is 17.3 Å². The van der Waals surface area contributed by atoms with E-state index in [0.29, 0.717) is 31.1 Å². The van der Waals surface area contributed by atoms with Gasteiger partial charge in [-0.3, -0.25) is 9.83 Å². The van der Waals surface area contributed by atoms with E-state index in [1.807, 2.05) is 0 Å². The summed E-state index contributed by atoms with van der Waals surface area (Å²) in [7, 11) is 1.65. The van der Waals surface area contributed by atoms with Crippen LogP contribution in [0.5, 0.6) is 0 Å². The average Bonchev–Trinajstić information content (AvgIpc) is 2.49. The first-order valence-corrected chi connectivity index (χ1v) is 8.31. The van der Waals surface area contributed by atoms with Gasteiger partial charge in [0.2, 0.25) is 0 Å². The van der Waals surface area contributed by atoms with Crippen LogP contribution in [0.4, 0.5) is 8.78 Å². The highest BCUT2D eigenvalue weighted by molar-refractivity contribution is 7.95. The molecule has 2 unspecified atom stereocenters. The molecule has 0 aliphatic heterocycles. The van der Waals surface area contributed by atoms with E-state index in [9.17, 15) is 18.8 Å². The van der Waals surface area contributed by atoms with Gasteiger partial charge in [-0.25, -0.2) is 0 Å². The molecular formula is C14H19F2O6S-. The van der Waals surface area contributed by atoms with Crippen LogP contribution in [0.25, 0.3) is 0 Å². The van der Waals surface area contributed by atoms with Crippen LogP contribution in [-0.2, 0) is 23.6 Å². The van der Waals surface area contributed by atoms with Crippen molar-refractivity contribution in [2.24, 2.45) is 17.3 Å². The van der Waals surface area contributed by atoms with Gasteiger partial charge in [-0.15, -0.1) is 0 Å². The Labute approximate surface area is 136 Å². The zero-order valence-electron chi connectivity index (χ0n) is 12.7. The van der Waals surface area contributed by atoms with E-state index in [-0.39, 0.29) is 5.60 Å². The van der Waals surface area contributed by atoms with E-state index < -0.39 is 35.3 Å². The summed E-state index contributed by atoms with van der Waals surface area (Å²) in [5, 5.41) is 8.96. The molecule has 4 fully saturated rings. The largest absolute Gasteiger partial charge is 0.691 e. The molecule has 4 rings (SSSR count). The van der Waals surface area contributed by atoms with E-state index >= 15 is 0 Å². The van der Waals surface area contributed by atoms with Gasteiger partial charge < -0.3 is 14.7 Å². The molecule has 4 aliphatic carbocycles. The van der Waals surface area contributed by atoms with Gasteiger partial charge in [0.25, 0.3) is 0 Å². The van der Waals surface area contributed by atoms with Crippen molar-refractivity contribution in [1.29, 1.82) is 0 Å². The van der Waals surface area contributed by atoms with Crippen LogP contribution >= 0.6 is 12.0 Å². The van der Waals surface area contributed by atoms with E-state index in [1.165, 1.54) is 0 Å². The van der Waals surface area contributed by atoms with Gasteiger partial charge >= 0.3 is 11.2 Å². The monoisotopic (exact) mass is 353 g/mol. The van der Waals surface area contributed by atoms with Crippen molar-refractivity contribution in [1.82, 2.24) is 0 Å². The van der Waals surface area contributed by atoms with E-state index in [1.54, 1.807) is 7.11 Å². The fourth-order valence-electron chi connectivity index (χ4n) is 5.05. The van der Waals surface area contributed by atoms with Crippen molar-refractivity contribution in [3.63, 3.8) is 0 Å². The van der Waals surface area contributed by atoms with Gasteiger partial charge in [-0.1, -0.05) is 0 Å². The second kappa shape index (κ2) is 6.11. The van der Waals surface area contributed by atoms with Crippen LogP contribution in [0.1, 0.15) is 38.5 Å². The van der Waals surface area contributed by atoms with Gasteiger partial charge in [0.15, 0.2) is 6.61 Å². The fourth-order valence-corrected chi connectivity index (χ4v) is 5.28. The number of ether oxygens (including phenoxy) is 2. The topological polar surface area (TPSA) is 77.1 Å². The minimum Gasteiger partial charge on any atom is -0.691 e. The molecule has 0 aromatic rings. The van der Waals surface area contributed by atoms with Crippen molar-refractivity contribution in [2.75, 3.05) is 13.7 Å². The Morgan fingerprint density at radius 2 is 1.96 bits per heavy atom. The highest BCUT2D eigenvalue weighted by Gasteiger charge is 2.61. The second-order valence-corrected chi connectivity index (χ2v) is 7.96. The third kappa shape index (κ3) is 3.34. The highest BCUT2D eigenvalue weighted by Crippen LogP contribution is 2.63. The molecule has 6 nitrogen and oxygen atoms in total. The summed E-state index contributed by atoms with van der Waals surface area (Å²) in [6.07, 6.45) is 4.80. The first-order chi connectivity index (χ1) is 10.8. The van der Waals surface area contributed by atoms with E-state index in [0.717, 1.165) is 19.3 Å². The molecule has 4 aliphatic rings. The number of carbonyl (C=O) groups is 1. The number of halogens is 2. The number of carbonyl (C=O) groups excluding carboxylic acids is 1. The third-order valence-electron chi connectivity index (χ3n) is 5.43. The Morgan fingerprint density at radius 1 is 1.30 bits per heavy atom. The van der Waals surface area contributed by atoms with Crippen molar-refractivity contribution in [3.8, 4) is 0 Å². The second-order valence-electron chi connectivity index (χ2n) is 7.06. The molecule has 0 aromatic heterocycles. The number of esters is 1. The van der Waals surface area contributed by atoms with Gasteiger partial charge in [0.05, 0.1) is 11.0 Å². The summed E-state index contributed by atoms with van der Waals surface area (Å²) >= 11 is -0.468. The normalized spacial score (nSPS) is 38.8. The summed E-state index contributed by atoms with van der Waals surface area (Å²) < 4.78 is 41.0. The van der Waals surface area contributed by atoms with Crippen LogP contribution in [0.3, 0.4) is 0 Å². The van der Waals surface area contributed by atoms with Crippen molar-refractivity contribution >= 4 is 18.0 Å². The van der Waals surface area contributed by atoms with Gasteiger partial charge in [0.1, 0.15) is 12.0 Å². The zero-order valence-corrected chi connectivity index (χ0v) is 13.5. The van der Waals surface area contributed by atoms with Crippen LogP contribution in [-0.4, -0.2) is 30.5 Å². The third-order valence-corrected chi connectivity index (χ3v) is 5.91. The first-order valence-electron chi connectivity index (χ1n) is 7.57.